The maximum atomic E-state index is 13.4. The number of carbonyl (C=O) groups is 2. The van der Waals surface area contributed by atoms with Crippen molar-refractivity contribution in [2.45, 2.75) is 39.7 Å². The van der Waals surface area contributed by atoms with Gasteiger partial charge >= 0.3 is 0 Å². The van der Waals surface area contributed by atoms with Gasteiger partial charge in [0, 0.05) is 23.6 Å². The molecule has 2 heterocycles. The van der Waals surface area contributed by atoms with Crippen molar-refractivity contribution >= 4 is 23.1 Å². The second kappa shape index (κ2) is 9.14. The number of aliphatic hydroxyl groups excluding tert-OH is 1. The number of carbonyl (C=O) groups excluding carboxylic acids is 2. The van der Waals surface area contributed by atoms with Crippen molar-refractivity contribution in [1.29, 1.82) is 0 Å². The lowest BCUT2D eigenvalue weighted by atomic mass is 9.93. The molecule has 1 unspecified atom stereocenters. The standard InChI is InChI=1S/C28H28N2O4/c1-16(2)21-15-20(8-9-23(21)34-5)26(31)24-25(19-10-12-29-13-11-19)30(28(33)27(24)32)22-14-17(3)6-7-18(22)4/h6-16,25,31H,1-5H3/b26-24-. The summed E-state index contributed by atoms with van der Waals surface area (Å²) in [6, 6.07) is 13.8. The summed E-state index contributed by atoms with van der Waals surface area (Å²) < 4.78 is 5.46. The minimum Gasteiger partial charge on any atom is -0.507 e. The average Bonchev–Trinajstić information content (AvgIpc) is 3.10. The molecule has 34 heavy (non-hydrogen) atoms. The molecular weight excluding hydrogens is 428 g/mol. The van der Waals surface area contributed by atoms with E-state index in [0.29, 0.717) is 22.6 Å². The van der Waals surface area contributed by atoms with Crippen LogP contribution in [0.5, 0.6) is 5.75 Å². The van der Waals surface area contributed by atoms with Gasteiger partial charge in [-0.05, 0) is 78.4 Å². The van der Waals surface area contributed by atoms with Gasteiger partial charge in [-0.15, -0.1) is 0 Å². The zero-order valence-corrected chi connectivity index (χ0v) is 20.0. The van der Waals surface area contributed by atoms with Crippen molar-refractivity contribution < 1.29 is 19.4 Å². The minimum absolute atomic E-state index is 0.0528. The predicted molar refractivity (Wildman–Crippen MR) is 132 cm³/mol. The number of Topliss-reactive ketones (excluding diaryl/α,β-unsaturated/α-hetero) is 1. The van der Waals surface area contributed by atoms with Crippen LogP contribution in [0.15, 0.2) is 66.5 Å². The molecule has 6 heteroatoms. The van der Waals surface area contributed by atoms with Gasteiger partial charge < -0.3 is 9.84 Å². The summed E-state index contributed by atoms with van der Waals surface area (Å²) in [5.74, 6) is -0.765. The number of anilines is 1. The number of aliphatic hydroxyl groups is 1. The summed E-state index contributed by atoms with van der Waals surface area (Å²) in [5, 5.41) is 11.4. The third-order valence-corrected chi connectivity index (χ3v) is 6.22. The summed E-state index contributed by atoms with van der Waals surface area (Å²) in [7, 11) is 1.60. The zero-order valence-electron chi connectivity index (χ0n) is 20.0. The van der Waals surface area contributed by atoms with Crippen LogP contribution in [0.3, 0.4) is 0 Å². The number of amides is 1. The van der Waals surface area contributed by atoms with Crippen molar-refractivity contribution in [3.05, 3.63) is 94.3 Å². The van der Waals surface area contributed by atoms with Crippen molar-refractivity contribution in [3.63, 3.8) is 0 Å². The van der Waals surface area contributed by atoms with E-state index in [0.717, 1.165) is 16.7 Å². The molecule has 3 aromatic rings. The molecule has 1 aromatic heterocycles. The lowest BCUT2D eigenvalue weighted by molar-refractivity contribution is -0.132. The molecule has 0 bridgehead atoms. The molecule has 0 aliphatic carbocycles. The Bertz CT molecular complexity index is 1300. The van der Waals surface area contributed by atoms with Gasteiger partial charge in [-0.2, -0.15) is 0 Å². The van der Waals surface area contributed by atoms with E-state index in [1.807, 2.05) is 52.0 Å². The molecule has 1 fully saturated rings. The van der Waals surface area contributed by atoms with E-state index in [4.69, 9.17) is 4.74 Å². The minimum atomic E-state index is -0.784. The van der Waals surface area contributed by atoms with Crippen LogP contribution in [0.2, 0.25) is 0 Å². The topological polar surface area (TPSA) is 79.7 Å². The molecule has 1 saturated heterocycles. The van der Waals surface area contributed by atoms with Crippen LogP contribution in [0.1, 0.15) is 53.6 Å². The first-order chi connectivity index (χ1) is 16.2. The summed E-state index contributed by atoms with van der Waals surface area (Å²) in [6.45, 7) is 7.89. The molecule has 2 aromatic carbocycles. The first-order valence-corrected chi connectivity index (χ1v) is 11.2. The fraction of sp³-hybridized carbons (Fsp3) is 0.250. The summed E-state index contributed by atoms with van der Waals surface area (Å²) in [4.78, 5) is 32.3. The van der Waals surface area contributed by atoms with E-state index in [9.17, 15) is 14.7 Å². The largest absolute Gasteiger partial charge is 0.507 e. The first kappa shape index (κ1) is 23.2. The predicted octanol–water partition coefficient (Wildman–Crippen LogP) is 5.46. The molecule has 1 aliphatic heterocycles. The monoisotopic (exact) mass is 456 g/mol. The lowest BCUT2D eigenvalue weighted by Gasteiger charge is -2.27. The second-order valence-electron chi connectivity index (χ2n) is 8.85. The maximum absolute atomic E-state index is 13.4. The fourth-order valence-corrected chi connectivity index (χ4v) is 4.41. The Morgan fingerprint density at radius 3 is 2.38 bits per heavy atom. The Labute approximate surface area is 199 Å². The Kier molecular flexibility index (Phi) is 6.24. The normalized spacial score (nSPS) is 17.5. The van der Waals surface area contributed by atoms with E-state index >= 15 is 0 Å². The average molecular weight is 457 g/mol. The van der Waals surface area contributed by atoms with Gasteiger partial charge in [0.2, 0.25) is 0 Å². The molecule has 4 rings (SSSR count). The SMILES string of the molecule is COc1ccc(/C(O)=C2/C(=O)C(=O)N(c3cc(C)ccc3C)C2c2ccncc2)cc1C(C)C. The van der Waals surface area contributed by atoms with Gasteiger partial charge in [0.05, 0.1) is 18.7 Å². The number of methoxy groups -OCH3 is 1. The fourth-order valence-electron chi connectivity index (χ4n) is 4.41. The number of ketones is 1. The van der Waals surface area contributed by atoms with Crippen LogP contribution < -0.4 is 9.64 Å². The van der Waals surface area contributed by atoms with E-state index < -0.39 is 17.7 Å². The Hall–Kier alpha value is -3.93. The third kappa shape index (κ3) is 3.96. The quantitative estimate of drug-likeness (QED) is 0.313. The highest BCUT2D eigenvalue weighted by atomic mass is 16.5. The van der Waals surface area contributed by atoms with Gasteiger partial charge in [-0.25, -0.2) is 0 Å². The van der Waals surface area contributed by atoms with E-state index in [2.05, 4.69) is 4.98 Å². The van der Waals surface area contributed by atoms with Crippen LogP contribution >= 0.6 is 0 Å². The number of rotatable bonds is 5. The molecule has 1 N–H and O–H groups in total. The number of pyridine rings is 1. The van der Waals surface area contributed by atoms with E-state index in [1.165, 1.54) is 4.90 Å². The molecule has 6 nitrogen and oxygen atoms in total. The molecule has 0 saturated carbocycles. The number of aryl methyl sites for hydroxylation is 2. The summed E-state index contributed by atoms with van der Waals surface area (Å²) >= 11 is 0. The van der Waals surface area contributed by atoms with E-state index in [1.54, 1.807) is 43.8 Å². The Morgan fingerprint density at radius 1 is 1.03 bits per heavy atom. The van der Waals surface area contributed by atoms with Crippen LogP contribution in [0.25, 0.3) is 5.76 Å². The van der Waals surface area contributed by atoms with Crippen LogP contribution in [0, 0.1) is 13.8 Å². The highest BCUT2D eigenvalue weighted by Gasteiger charge is 2.47. The molecule has 174 valence electrons. The molecule has 0 radical (unpaired) electrons. The zero-order chi connectivity index (χ0) is 24.6. The molecule has 1 aliphatic rings. The molecule has 1 atom stereocenters. The number of ether oxygens (including phenoxy) is 1. The highest BCUT2D eigenvalue weighted by Crippen LogP contribution is 2.43. The molecular formula is C28H28N2O4. The van der Waals surface area contributed by atoms with Crippen LogP contribution in [-0.4, -0.2) is 28.9 Å². The number of aromatic nitrogens is 1. The maximum Gasteiger partial charge on any atom is 0.300 e. The van der Waals surface area contributed by atoms with E-state index in [-0.39, 0.29) is 17.3 Å². The molecule has 0 spiro atoms. The van der Waals surface area contributed by atoms with Gasteiger partial charge in [-0.3, -0.25) is 19.5 Å². The number of benzene rings is 2. The Balaban J connectivity index is 1.97. The summed E-state index contributed by atoms with van der Waals surface area (Å²) in [6.07, 6.45) is 3.23. The lowest BCUT2D eigenvalue weighted by Crippen LogP contribution is -2.30. The highest BCUT2D eigenvalue weighted by molar-refractivity contribution is 6.51. The smallest absolute Gasteiger partial charge is 0.300 e. The number of nitrogens with zero attached hydrogens (tertiary/aromatic N) is 2. The second-order valence-corrected chi connectivity index (χ2v) is 8.85. The number of hydrogen-bond donors (Lipinski definition) is 1. The Morgan fingerprint density at radius 2 is 1.74 bits per heavy atom. The van der Waals surface area contributed by atoms with Crippen molar-refractivity contribution in [3.8, 4) is 5.75 Å². The van der Waals surface area contributed by atoms with Crippen LogP contribution in [0.4, 0.5) is 5.69 Å². The van der Waals surface area contributed by atoms with Crippen molar-refractivity contribution in [1.82, 2.24) is 4.98 Å². The van der Waals surface area contributed by atoms with Crippen molar-refractivity contribution in [2.75, 3.05) is 12.0 Å². The first-order valence-electron chi connectivity index (χ1n) is 11.2. The van der Waals surface area contributed by atoms with Gasteiger partial charge in [0.1, 0.15) is 11.5 Å². The van der Waals surface area contributed by atoms with Gasteiger partial charge in [0.15, 0.2) is 0 Å². The van der Waals surface area contributed by atoms with Gasteiger partial charge in [0.25, 0.3) is 11.7 Å². The number of hydrogen-bond acceptors (Lipinski definition) is 5. The third-order valence-electron chi connectivity index (χ3n) is 6.22. The summed E-state index contributed by atoms with van der Waals surface area (Å²) in [5.41, 5.74) is 4.57. The van der Waals surface area contributed by atoms with Crippen LogP contribution in [-0.2, 0) is 9.59 Å². The molecule has 1 amide bonds. The van der Waals surface area contributed by atoms with Gasteiger partial charge in [-0.1, -0.05) is 26.0 Å². The van der Waals surface area contributed by atoms with Crippen molar-refractivity contribution in [2.24, 2.45) is 0 Å².